The molecule has 0 aromatic carbocycles. The molecule has 7 heteroatoms. The first-order valence-electron chi connectivity index (χ1n) is 9.88. The first-order chi connectivity index (χ1) is 12.7. The topological polar surface area (TPSA) is 76.5 Å². The highest BCUT2D eigenvalue weighted by Gasteiger charge is 2.40. The third kappa shape index (κ3) is 3.37. The van der Waals surface area contributed by atoms with Crippen LogP contribution in [0.25, 0.3) is 0 Å². The predicted octanol–water partition coefficient (Wildman–Crippen LogP) is 2.14. The molecule has 0 spiro atoms. The van der Waals surface area contributed by atoms with Crippen LogP contribution in [-0.4, -0.2) is 52.8 Å². The van der Waals surface area contributed by atoms with Crippen LogP contribution >= 0.6 is 0 Å². The van der Waals surface area contributed by atoms with Gasteiger partial charge in [-0.05, 0) is 43.9 Å². The second kappa shape index (κ2) is 7.39. The van der Waals surface area contributed by atoms with E-state index in [0.29, 0.717) is 56.6 Å². The number of morpholine rings is 1. The standard InChI is InChI=1S/C19H28N4O3/c1-2-23-18(19(25)22-5-7-26-8-6-22)16(12-20-23)21-17(24)11-15-10-13-3-4-14(15)9-13/h12-15H,2-11H2,1H3,(H,21,24). The summed E-state index contributed by atoms with van der Waals surface area (Å²) in [6.45, 7) is 4.80. The van der Waals surface area contributed by atoms with Crippen LogP contribution in [0.2, 0.25) is 0 Å². The summed E-state index contributed by atoms with van der Waals surface area (Å²) < 4.78 is 7.00. The molecule has 0 radical (unpaired) electrons. The van der Waals surface area contributed by atoms with Gasteiger partial charge in [-0.15, -0.1) is 0 Å². The highest BCUT2D eigenvalue weighted by atomic mass is 16.5. The monoisotopic (exact) mass is 360 g/mol. The second-order valence-electron chi connectivity index (χ2n) is 7.81. The fourth-order valence-electron chi connectivity index (χ4n) is 4.92. The zero-order chi connectivity index (χ0) is 18.1. The number of rotatable bonds is 5. The van der Waals surface area contributed by atoms with Gasteiger partial charge in [-0.2, -0.15) is 5.10 Å². The Morgan fingerprint density at radius 1 is 1.27 bits per heavy atom. The molecule has 2 heterocycles. The number of ether oxygens (including phenoxy) is 1. The number of hydrogen-bond donors (Lipinski definition) is 1. The van der Waals surface area contributed by atoms with Gasteiger partial charge in [0.1, 0.15) is 5.69 Å². The Balaban J connectivity index is 1.45. The molecule has 3 atom stereocenters. The lowest BCUT2D eigenvalue weighted by atomic mass is 9.86. The summed E-state index contributed by atoms with van der Waals surface area (Å²) >= 11 is 0. The SMILES string of the molecule is CCn1ncc(NC(=O)CC2CC3CCC2C3)c1C(=O)N1CCOCC1. The molecule has 3 unspecified atom stereocenters. The Kier molecular flexibility index (Phi) is 4.98. The zero-order valence-electron chi connectivity index (χ0n) is 15.4. The zero-order valence-corrected chi connectivity index (χ0v) is 15.4. The first-order valence-corrected chi connectivity index (χ1v) is 9.88. The number of nitrogens with zero attached hydrogens (tertiary/aromatic N) is 3. The lowest BCUT2D eigenvalue weighted by molar-refractivity contribution is -0.117. The molecule has 3 aliphatic rings. The number of carbonyl (C=O) groups is 2. The predicted molar refractivity (Wildman–Crippen MR) is 96.8 cm³/mol. The van der Waals surface area contributed by atoms with Gasteiger partial charge >= 0.3 is 0 Å². The maximum atomic E-state index is 12.9. The van der Waals surface area contributed by atoms with E-state index in [1.807, 2.05) is 6.92 Å². The highest BCUT2D eigenvalue weighted by molar-refractivity contribution is 6.02. The van der Waals surface area contributed by atoms with Crippen molar-refractivity contribution in [3.63, 3.8) is 0 Å². The molecule has 1 saturated heterocycles. The van der Waals surface area contributed by atoms with Crippen LogP contribution in [0.5, 0.6) is 0 Å². The van der Waals surface area contributed by atoms with Crippen molar-refractivity contribution in [2.75, 3.05) is 31.6 Å². The highest BCUT2D eigenvalue weighted by Crippen LogP contribution is 2.49. The van der Waals surface area contributed by atoms with E-state index >= 15 is 0 Å². The summed E-state index contributed by atoms with van der Waals surface area (Å²) in [6.07, 6.45) is 7.26. The molecular weight excluding hydrogens is 332 g/mol. The van der Waals surface area contributed by atoms with E-state index in [4.69, 9.17) is 4.74 Å². The van der Waals surface area contributed by atoms with Gasteiger partial charge in [-0.1, -0.05) is 6.42 Å². The molecule has 3 fully saturated rings. The maximum Gasteiger partial charge on any atom is 0.274 e. The molecule has 2 saturated carbocycles. The van der Waals surface area contributed by atoms with Crippen molar-refractivity contribution in [2.24, 2.45) is 17.8 Å². The van der Waals surface area contributed by atoms with Crippen molar-refractivity contribution in [2.45, 2.75) is 45.6 Å². The van der Waals surface area contributed by atoms with Crippen LogP contribution in [0, 0.1) is 17.8 Å². The van der Waals surface area contributed by atoms with Crippen LogP contribution in [0.3, 0.4) is 0 Å². The van der Waals surface area contributed by atoms with Gasteiger partial charge in [0.05, 0.1) is 25.1 Å². The van der Waals surface area contributed by atoms with Crippen molar-refractivity contribution in [1.29, 1.82) is 0 Å². The number of carbonyl (C=O) groups excluding carboxylic acids is 2. The largest absolute Gasteiger partial charge is 0.378 e. The van der Waals surface area contributed by atoms with Gasteiger partial charge in [0.25, 0.3) is 5.91 Å². The Hall–Kier alpha value is -1.89. The molecule has 1 aromatic heterocycles. The fourth-order valence-corrected chi connectivity index (χ4v) is 4.92. The molecule has 1 aliphatic heterocycles. The summed E-state index contributed by atoms with van der Waals surface area (Å²) in [6, 6.07) is 0. The van der Waals surface area contributed by atoms with Crippen LogP contribution in [0.15, 0.2) is 6.20 Å². The molecule has 142 valence electrons. The van der Waals surface area contributed by atoms with Crippen LogP contribution < -0.4 is 5.32 Å². The number of fused-ring (bicyclic) bond motifs is 2. The number of anilines is 1. The lowest BCUT2D eigenvalue weighted by Crippen LogP contribution is -2.41. The van der Waals surface area contributed by atoms with E-state index < -0.39 is 0 Å². The maximum absolute atomic E-state index is 12.9. The molecule has 1 N–H and O–H groups in total. The normalized spacial score (nSPS) is 27.7. The summed E-state index contributed by atoms with van der Waals surface area (Å²) in [5, 5.41) is 7.27. The minimum atomic E-state index is -0.0807. The molecule has 26 heavy (non-hydrogen) atoms. The van der Waals surface area contributed by atoms with Gasteiger partial charge in [0, 0.05) is 26.1 Å². The van der Waals surface area contributed by atoms with Gasteiger partial charge in [-0.3, -0.25) is 14.3 Å². The smallest absolute Gasteiger partial charge is 0.274 e. The Bertz CT molecular complexity index is 680. The minimum absolute atomic E-state index is 0.00855. The van der Waals surface area contributed by atoms with E-state index in [1.165, 1.54) is 25.7 Å². The Morgan fingerprint density at radius 3 is 2.73 bits per heavy atom. The molecular formula is C19H28N4O3. The van der Waals surface area contributed by atoms with E-state index in [0.717, 1.165) is 11.8 Å². The minimum Gasteiger partial charge on any atom is -0.378 e. The molecule has 7 nitrogen and oxygen atoms in total. The summed E-state index contributed by atoms with van der Waals surface area (Å²) in [5.41, 5.74) is 1.02. The number of hydrogen-bond acceptors (Lipinski definition) is 4. The summed E-state index contributed by atoms with van der Waals surface area (Å²) in [4.78, 5) is 27.3. The molecule has 2 bridgehead atoms. The lowest BCUT2D eigenvalue weighted by Gasteiger charge is -2.27. The molecule has 4 rings (SSSR count). The summed E-state index contributed by atoms with van der Waals surface area (Å²) in [7, 11) is 0. The molecule has 1 aromatic rings. The van der Waals surface area contributed by atoms with Gasteiger partial charge in [0.2, 0.25) is 5.91 Å². The second-order valence-corrected chi connectivity index (χ2v) is 7.81. The first kappa shape index (κ1) is 17.5. The van der Waals surface area contributed by atoms with Gasteiger partial charge in [0.15, 0.2) is 0 Å². The third-order valence-electron chi connectivity index (χ3n) is 6.25. The third-order valence-corrected chi connectivity index (χ3v) is 6.25. The number of nitrogens with one attached hydrogen (secondary N) is 1. The van der Waals surface area contributed by atoms with E-state index in [-0.39, 0.29) is 11.8 Å². The Labute approximate surface area is 154 Å². The van der Waals surface area contributed by atoms with Gasteiger partial charge < -0.3 is 15.0 Å². The van der Waals surface area contributed by atoms with Crippen LogP contribution in [0.1, 0.15) is 49.5 Å². The van der Waals surface area contributed by atoms with E-state index in [2.05, 4.69) is 10.4 Å². The average molecular weight is 360 g/mol. The summed E-state index contributed by atoms with van der Waals surface area (Å²) in [5.74, 6) is 1.99. The van der Waals surface area contributed by atoms with Crippen molar-refractivity contribution < 1.29 is 14.3 Å². The molecule has 2 amide bonds. The fraction of sp³-hybridized carbons (Fsp3) is 0.737. The molecule has 2 aliphatic carbocycles. The quantitative estimate of drug-likeness (QED) is 0.873. The van der Waals surface area contributed by atoms with Crippen LogP contribution in [-0.2, 0) is 16.1 Å². The van der Waals surface area contributed by atoms with Crippen molar-refractivity contribution in [3.8, 4) is 0 Å². The van der Waals surface area contributed by atoms with Crippen molar-refractivity contribution in [3.05, 3.63) is 11.9 Å². The number of aromatic nitrogens is 2. The Morgan fingerprint density at radius 2 is 2.08 bits per heavy atom. The van der Waals surface area contributed by atoms with E-state index in [9.17, 15) is 9.59 Å². The van der Waals surface area contributed by atoms with Crippen LogP contribution in [0.4, 0.5) is 5.69 Å². The van der Waals surface area contributed by atoms with Gasteiger partial charge in [-0.25, -0.2) is 0 Å². The van der Waals surface area contributed by atoms with Crippen molar-refractivity contribution >= 4 is 17.5 Å². The van der Waals surface area contributed by atoms with Crippen molar-refractivity contribution in [1.82, 2.24) is 14.7 Å². The van der Waals surface area contributed by atoms with E-state index in [1.54, 1.807) is 15.8 Å². The number of amides is 2. The average Bonchev–Trinajstić information content (AvgIpc) is 3.37. The number of aryl methyl sites for hydroxylation is 1.